The molecule has 0 spiro atoms. The van der Waals surface area contributed by atoms with Crippen molar-refractivity contribution in [2.24, 2.45) is 13.0 Å². The second kappa shape index (κ2) is 9.84. The van der Waals surface area contributed by atoms with Gasteiger partial charge in [0.05, 0.1) is 17.9 Å². The Balaban J connectivity index is 2.18. The number of amides is 1. The normalized spacial score (nSPS) is 12.0. The van der Waals surface area contributed by atoms with E-state index in [0.717, 1.165) is 23.3 Å². The SMILES string of the molecule is CCOC(=O)c1c(NC(=O)CSc2nnnn2C)sc(C)c1C[C@@H](C)CC. The predicted octanol–water partition coefficient (Wildman–Crippen LogP) is 3.08. The molecular formula is C17H25N5O3S2. The Morgan fingerprint density at radius 1 is 1.37 bits per heavy atom. The third kappa shape index (κ3) is 5.52. The number of rotatable bonds is 9. The summed E-state index contributed by atoms with van der Waals surface area (Å²) in [6.07, 6.45) is 1.80. The van der Waals surface area contributed by atoms with E-state index in [1.807, 2.05) is 6.92 Å². The molecule has 0 saturated heterocycles. The maximum atomic E-state index is 12.5. The molecule has 0 unspecified atom stereocenters. The Labute approximate surface area is 167 Å². The first-order chi connectivity index (χ1) is 12.9. The molecule has 1 atom stereocenters. The van der Waals surface area contributed by atoms with Crippen LogP contribution in [-0.4, -0.2) is 44.4 Å². The zero-order valence-corrected chi connectivity index (χ0v) is 17.9. The fraction of sp³-hybridized carbons (Fsp3) is 0.588. The number of hydrogen-bond donors (Lipinski definition) is 1. The average Bonchev–Trinajstić information content (AvgIpc) is 3.16. The number of tetrazole rings is 1. The number of thiophene rings is 1. The summed E-state index contributed by atoms with van der Waals surface area (Å²) < 4.78 is 6.74. The first kappa shape index (κ1) is 21.4. The lowest BCUT2D eigenvalue weighted by Gasteiger charge is -2.12. The van der Waals surface area contributed by atoms with E-state index in [9.17, 15) is 9.59 Å². The molecule has 0 bridgehead atoms. The molecule has 0 saturated carbocycles. The number of hydrogen-bond acceptors (Lipinski definition) is 8. The van der Waals surface area contributed by atoms with E-state index in [1.54, 1.807) is 14.0 Å². The van der Waals surface area contributed by atoms with Crippen molar-refractivity contribution >= 4 is 40.0 Å². The predicted molar refractivity (Wildman–Crippen MR) is 106 cm³/mol. The molecule has 2 heterocycles. The number of nitrogens with one attached hydrogen (secondary N) is 1. The van der Waals surface area contributed by atoms with E-state index in [4.69, 9.17) is 4.74 Å². The molecule has 148 valence electrons. The van der Waals surface area contributed by atoms with E-state index in [2.05, 4.69) is 34.7 Å². The van der Waals surface area contributed by atoms with Crippen molar-refractivity contribution < 1.29 is 14.3 Å². The molecule has 10 heteroatoms. The Hall–Kier alpha value is -1.94. The molecule has 0 aromatic carbocycles. The van der Waals surface area contributed by atoms with Crippen LogP contribution in [0.15, 0.2) is 5.16 Å². The number of esters is 1. The van der Waals surface area contributed by atoms with Crippen molar-refractivity contribution in [2.75, 3.05) is 17.7 Å². The van der Waals surface area contributed by atoms with Crippen molar-refractivity contribution in [3.8, 4) is 0 Å². The van der Waals surface area contributed by atoms with Gasteiger partial charge in [0.1, 0.15) is 5.00 Å². The minimum Gasteiger partial charge on any atom is -0.462 e. The Morgan fingerprint density at radius 3 is 2.70 bits per heavy atom. The van der Waals surface area contributed by atoms with Gasteiger partial charge in [0.25, 0.3) is 0 Å². The lowest BCUT2D eigenvalue weighted by Crippen LogP contribution is -2.17. The van der Waals surface area contributed by atoms with E-state index in [1.165, 1.54) is 27.8 Å². The molecule has 0 aliphatic rings. The summed E-state index contributed by atoms with van der Waals surface area (Å²) in [5.74, 6) is -0.0202. The summed E-state index contributed by atoms with van der Waals surface area (Å²) in [6.45, 7) is 8.31. The third-order valence-corrected chi connectivity index (χ3v) is 6.18. The summed E-state index contributed by atoms with van der Waals surface area (Å²) in [5.41, 5.74) is 1.45. The van der Waals surface area contributed by atoms with Gasteiger partial charge in [0.2, 0.25) is 11.1 Å². The van der Waals surface area contributed by atoms with Crippen LogP contribution < -0.4 is 5.32 Å². The van der Waals surface area contributed by atoms with E-state index in [-0.39, 0.29) is 17.6 Å². The van der Waals surface area contributed by atoms with Crippen molar-refractivity contribution in [2.45, 2.75) is 45.7 Å². The fourth-order valence-electron chi connectivity index (χ4n) is 2.46. The smallest absolute Gasteiger partial charge is 0.341 e. The summed E-state index contributed by atoms with van der Waals surface area (Å²) in [6, 6.07) is 0. The molecule has 0 aliphatic carbocycles. The first-order valence-electron chi connectivity index (χ1n) is 8.81. The van der Waals surface area contributed by atoms with Crippen LogP contribution in [0.4, 0.5) is 5.00 Å². The average molecular weight is 412 g/mol. The van der Waals surface area contributed by atoms with E-state index >= 15 is 0 Å². The highest BCUT2D eigenvalue weighted by Crippen LogP contribution is 2.35. The molecule has 2 aromatic heterocycles. The number of nitrogens with zero attached hydrogens (tertiary/aromatic N) is 4. The minimum absolute atomic E-state index is 0.147. The summed E-state index contributed by atoms with van der Waals surface area (Å²) in [7, 11) is 1.71. The van der Waals surface area contributed by atoms with Gasteiger partial charge in [0, 0.05) is 11.9 Å². The Morgan fingerprint density at radius 2 is 2.11 bits per heavy atom. The molecule has 2 rings (SSSR count). The number of thioether (sulfide) groups is 1. The van der Waals surface area contributed by atoms with Crippen molar-refractivity contribution in [1.82, 2.24) is 20.2 Å². The maximum Gasteiger partial charge on any atom is 0.341 e. The fourth-order valence-corrected chi connectivity index (χ4v) is 4.20. The Kier molecular flexibility index (Phi) is 7.78. The van der Waals surface area contributed by atoms with Crippen molar-refractivity contribution in [1.29, 1.82) is 0 Å². The molecule has 27 heavy (non-hydrogen) atoms. The largest absolute Gasteiger partial charge is 0.462 e. The van der Waals surface area contributed by atoms with Gasteiger partial charge in [-0.15, -0.1) is 16.4 Å². The standard InChI is InChI=1S/C17H25N5O3S2/c1-6-10(3)8-12-11(4)27-15(14(12)16(24)25-7-2)18-13(23)9-26-17-19-20-21-22(17)5/h10H,6-9H2,1-5H3,(H,18,23)/t10-/m0/s1. The van der Waals surface area contributed by atoms with Gasteiger partial charge in [0.15, 0.2) is 0 Å². The van der Waals surface area contributed by atoms with Gasteiger partial charge in [-0.05, 0) is 42.2 Å². The summed E-state index contributed by atoms with van der Waals surface area (Å²) in [4.78, 5) is 26.0. The molecule has 0 fully saturated rings. The van der Waals surface area contributed by atoms with Crippen molar-refractivity contribution in [3.05, 3.63) is 16.0 Å². The second-order valence-electron chi connectivity index (χ2n) is 6.20. The number of aryl methyl sites for hydroxylation is 2. The third-order valence-electron chi connectivity index (χ3n) is 4.10. The number of carbonyl (C=O) groups is 2. The van der Waals surface area contributed by atoms with Crippen molar-refractivity contribution in [3.63, 3.8) is 0 Å². The Bertz CT molecular complexity index is 803. The van der Waals surface area contributed by atoms with E-state index in [0.29, 0.717) is 28.2 Å². The molecule has 2 aromatic rings. The van der Waals surface area contributed by atoms with Crippen LogP contribution in [-0.2, 0) is 23.0 Å². The van der Waals surface area contributed by atoms with Crippen LogP contribution in [0.5, 0.6) is 0 Å². The highest BCUT2D eigenvalue weighted by Gasteiger charge is 2.25. The number of aromatic nitrogens is 4. The number of carbonyl (C=O) groups excluding carboxylic acids is 2. The summed E-state index contributed by atoms with van der Waals surface area (Å²) >= 11 is 2.65. The molecular weight excluding hydrogens is 386 g/mol. The highest BCUT2D eigenvalue weighted by atomic mass is 32.2. The van der Waals surface area contributed by atoms with Crippen LogP contribution in [0.3, 0.4) is 0 Å². The maximum absolute atomic E-state index is 12.5. The lowest BCUT2D eigenvalue weighted by molar-refractivity contribution is -0.113. The van der Waals surface area contributed by atoms with Crippen LogP contribution in [0.2, 0.25) is 0 Å². The van der Waals surface area contributed by atoms with Crippen LogP contribution in [0.25, 0.3) is 0 Å². The summed E-state index contributed by atoms with van der Waals surface area (Å²) in [5, 5.41) is 15.1. The minimum atomic E-state index is -0.388. The molecule has 1 N–H and O–H groups in total. The van der Waals surface area contributed by atoms with E-state index < -0.39 is 0 Å². The van der Waals surface area contributed by atoms with Crippen LogP contribution >= 0.6 is 23.1 Å². The number of anilines is 1. The molecule has 1 amide bonds. The second-order valence-corrected chi connectivity index (χ2v) is 8.37. The van der Waals surface area contributed by atoms with Crippen LogP contribution in [0.1, 0.15) is 48.0 Å². The first-order valence-corrected chi connectivity index (χ1v) is 10.6. The lowest BCUT2D eigenvalue weighted by atomic mass is 9.96. The number of ether oxygens (including phenoxy) is 1. The van der Waals surface area contributed by atoms with Gasteiger partial charge in [-0.25, -0.2) is 9.48 Å². The quantitative estimate of drug-likeness (QED) is 0.500. The topological polar surface area (TPSA) is 99.0 Å². The molecule has 0 radical (unpaired) electrons. The van der Waals surface area contributed by atoms with Crippen LogP contribution in [0, 0.1) is 12.8 Å². The van der Waals surface area contributed by atoms with Gasteiger partial charge >= 0.3 is 5.97 Å². The molecule has 8 nitrogen and oxygen atoms in total. The molecule has 0 aliphatic heterocycles. The monoisotopic (exact) mass is 411 g/mol. The highest BCUT2D eigenvalue weighted by molar-refractivity contribution is 7.99. The zero-order valence-electron chi connectivity index (χ0n) is 16.2. The van der Waals surface area contributed by atoms with Gasteiger partial charge in [-0.2, -0.15) is 0 Å². The van der Waals surface area contributed by atoms with Gasteiger partial charge in [-0.3, -0.25) is 4.79 Å². The van der Waals surface area contributed by atoms with Gasteiger partial charge in [-0.1, -0.05) is 32.0 Å². The van der Waals surface area contributed by atoms with Gasteiger partial charge < -0.3 is 10.1 Å². The zero-order chi connectivity index (χ0) is 20.0.